The molecule has 2 atom stereocenters. The number of benzene rings is 1. The molecule has 6 nitrogen and oxygen atoms in total. The van der Waals surface area contributed by atoms with Crippen LogP contribution in [0.4, 0.5) is 11.4 Å². The highest BCUT2D eigenvalue weighted by Crippen LogP contribution is 2.32. The van der Waals surface area contributed by atoms with Crippen molar-refractivity contribution in [3.63, 3.8) is 0 Å². The van der Waals surface area contributed by atoms with Crippen molar-refractivity contribution in [2.75, 3.05) is 18.0 Å². The summed E-state index contributed by atoms with van der Waals surface area (Å²) in [6.45, 7) is 7.52. The Morgan fingerprint density at radius 1 is 1.38 bits per heavy atom. The van der Waals surface area contributed by atoms with Crippen molar-refractivity contribution in [1.82, 2.24) is 0 Å². The fourth-order valence-corrected chi connectivity index (χ4v) is 2.65. The van der Waals surface area contributed by atoms with Gasteiger partial charge in [-0.15, -0.1) is 0 Å². The zero-order chi connectivity index (χ0) is 15.6. The zero-order valence-electron chi connectivity index (χ0n) is 12.8. The Labute approximate surface area is 125 Å². The third kappa shape index (κ3) is 3.85. The van der Waals surface area contributed by atoms with Crippen molar-refractivity contribution in [2.24, 2.45) is 11.7 Å². The minimum absolute atomic E-state index is 0.0183. The number of hydrogen-bond donors (Lipinski definition) is 1. The van der Waals surface area contributed by atoms with E-state index in [9.17, 15) is 10.1 Å². The summed E-state index contributed by atoms with van der Waals surface area (Å²) in [4.78, 5) is 12.9. The Morgan fingerprint density at radius 3 is 2.62 bits per heavy atom. The second-order valence-electron chi connectivity index (χ2n) is 5.96. The summed E-state index contributed by atoms with van der Waals surface area (Å²) < 4.78 is 5.62. The monoisotopic (exact) mass is 293 g/mol. The normalized spacial score (nSPS) is 19.9. The largest absolute Gasteiger partial charge is 0.491 e. The maximum Gasteiger partial charge on any atom is 0.275 e. The van der Waals surface area contributed by atoms with Crippen LogP contribution in [-0.2, 0) is 0 Å². The molecule has 0 saturated carbocycles. The molecule has 1 fully saturated rings. The molecule has 6 heteroatoms. The predicted octanol–water partition coefficient (Wildman–Crippen LogP) is 2.56. The number of nitro groups is 1. The summed E-state index contributed by atoms with van der Waals surface area (Å²) in [6.07, 6.45) is 0.996. The smallest absolute Gasteiger partial charge is 0.275 e. The Morgan fingerprint density at radius 2 is 2.10 bits per heavy atom. The third-order valence-electron chi connectivity index (χ3n) is 3.79. The van der Waals surface area contributed by atoms with Gasteiger partial charge in [-0.2, -0.15) is 0 Å². The summed E-state index contributed by atoms with van der Waals surface area (Å²) in [5, 5.41) is 11.1. The molecule has 1 heterocycles. The first-order valence-electron chi connectivity index (χ1n) is 7.33. The van der Waals surface area contributed by atoms with Crippen LogP contribution in [0.25, 0.3) is 0 Å². The summed E-state index contributed by atoms with van der Waals surface area (Å²) in [5.41, 5.74) is 6.85. The lowest BCUT2D eigenvalue weighted by Gasteiger charge is -2.21. The van der Waals surface area contributed by atoms with Crippen molar-refractivity contribution >= 4 is 11.4 Å². The van der Waals surface area contributed by atoms with Crippen LogP contribution >= 0.6 is 0 Å². The van der Waals surface area contributed by atoms with E-state index < -0.39 is 0 Å². The van der Waals surface area contributed by atoms with Crippen molar-refractivity contribution < 1.29 is 9.66 Å². The molecule has 0 aromatic heterocycles. The molecule has 0 spiro atoms. The molecule has 1 aliphatic rings. The Balaban J connectivity index is 2.26. The van der Waals surface area contributed by atoms with Crippen molar-refractivity contribution in [3.05, 3.63) is 28.3 Å². The van der Waals surface area contributed by atoms with Gasteiger partial charge < -0.3 is 15.4 Å². The highest BCUT2D eigenvalue weighted by atomic mass is 16.6. The van der Waals surface area contributed by atoms with Crippen molar-refractivity contribution in [2.45, 2.75) is 39.3 Å². The molecule has 1 aromatic rings. The van der Waals surface area contributed by atoms with Gasteiger partial charge in [0.15, 0.2) is 0 Å². The molecule has 2 N–H and O–H groups in total. The molecule has 1 aromatic carbocycles. The number of hydrogen-bond acceptors (Lipinski definition) is 5. The minimum Gasteiger partial charge on any atom is -0.491 e. The van der Waals surface area contributed by atoms with Crippen molar-refractivity contribution in [3.8, 4) is 5.75 Å². The van der Waals surface area contributed by atoms with Gasteiger partial charge in [-0.3, -0.25) is 10.1 Å². The van der Waals surface area contributed by atoms with Crippen molar-refractivity contribution in [1.29, 1.82) is 0 Å². The summed E-state index contributed by atoms with van der Waals surface area (Å²) >= 11 is 0. The molecule has 0 aliphatic carbocycles. The van der Waals surface area contributed by atoms with E-state index in [0.717, 1.165) is 25.2 Å². The van der Waals surface area contributed by atoms with Crippen LogP contribution < -0.4 is 15.4 Å². The van der Waals surface area contributed by atoms with Crippen LogP contribution in [0.3, 0.4) is 0 Å². The molecule has 116 valence electrons. The number of rotatable bonds is 5. The quantitative estimate of drug-likeness (QED) is 0.666. The molecule has 1 saturated heterocycles. The molecular weight excluding hydrogens is 270 g/mol. The van der Waals surface area contributed by atoms with Gasteiger partial charge in [0.2, 0.25) is 0 Å². The SMILES string of the molecule is CC(C)Oc1cc(N2CCC(C(C)N)C2)cc([N+](=O)[O-])c1. The fourth-order valence-electron chi connectivity index (χ4n) is 2.65. The first kappa shape index (κ1) is 15.6. The van der Waals surface area contributed by atoms with Gasteiger partial charge in [-0.05, 0) is 33.1 Å². The van der Waals surface area contributed by atoms with E-state index in [4.69, 9.17) is 10.5 Å². The van der Waals surface area contributed by atoms with Crippen LogP contribution in [0.15, 0.2) is 18.2 Å². The predicted molar refractivity (Wildman–Crippen MR) is 82.8 cm³/mol. The topological polar surface area (TPSA) is 81.6 Å². The van der Waals surface area contributed by atoms with E-state index in [1.54, 1.807) is 6.07 Å². The Hall–Kier alpha value is -1.82. The van der Waals surface area contributed by atoms with Gasteiger partial charge in [-0.25, -0.2) is 0 Å². The number of ether oxygens (including phenoxy) is 1. The maximum absolute atomic E-state index is 11.1. The molecule has 0 bridgehead atoms. The van der Waals surface area contributed by atoms with Crippen LogP contribution in [0, 0.1) is 16.0 Å². The van der Waals surface area contributed by atoms with E-state index in [2.05, 4.69) is 4.90 Å². The molecule has 2 rings (SSSR count). The molecule has 1 aliphatic heterocycles. The first-order chi connectivity index (χ1) is 9.86. The zero-order valence-corrected chi connectivity index (χ0v) is 12.8. The van der Waals surface area contributed by atoms with Gasteiger partial charge in [0.25, 0.3) is 5.69 Å². The van der Waals surface area contributed by atoms with E-state index in [1.165, 1.54) is 6.07 Å². The molecule has 0 radical (unpaired) electrons. The number of nitrogens with two attached hydrogens (primary N) is 1. The fraction of sp³-hybridized carbons (Fsp3) is 0.600. The van der Waals surface area contributed by atoms with E-state index in [0.29, 0.717) is 11.7 Å². The molecular formula is C15H23N3O3. The summed E-state index contributed by atoms with van der Waals surface area (Å²) in [7, 11) is 0. The van der Waals surface area contributed by atoms with Gasteiger partial charge in [-0.1, -0.05) is 0 Å². The average molecular weight is 293 g/mol. The van der Waals surface area contributed by atoms with Gasteiger partial charge in [0, 0.05) is 37.0 Å². The molecule has 2 unspecified atom stereocenters. The molecule has 21 heavy (non-hydrogen) atoms. The Bertz CT molecular complexity index is 517. The standard InChI is InChI=1S/C15H23N3O3/c1-10(2)21-15-7-13(6-14(8-15)18(19)20)17-5-4-12(9-17)11(3)16/h6-8,10-12H,4-5,9,16H2,1-3H3. The van der Waals surface area contributed by atoms with Gasteiger partial charge in [0.1, 0.15) is 5.75 Å². The van der Waals surface area contributed by atoms with Crippen LogP contribution in [0.1, 0.15) is 27.2 Å². The minimum atomic E-state index is -0.379. The molecule has 0 amide bonds. The third-order valence-corrected chi connectivity index (χ3v) is 3.79. The highest BCUT2D eigenvalue weighted by Gasteiger charge is 2.26. The van der Waals surface area contributed by atoms with Gasteiger partial charge in [0.05, 0.1) is 17.1 Å². The van der Waals surface area contributed by atoms with E-state index in [-0.39, 0.29) is 22.8 Å². The van der Waals surface area contributed by atoms with Crippen LogP contribution in [0.2, 0.25) is 0 Å². The number of anilines is 1. The average Bonchev–Trinajstić information content (AvgIpc) is 2.87. The van der Waals surface area contributed by atoms with Gasteiger partial charge >= 0.3 is 0 Å². The maximum atomic E-state index is 11.1. The lowest BCUT2D eigenvalue weighted by Crippen LogP contribution is -2.29. The van der Waals surface area contributed by atoms with E-state index in [1.807, 2.05) is 26.8 Å². The van der Waals surface area contributed by atoms with Crippen LogP contribution in [0.5, 0.6) is 5.75 Å². The summed E-state index contributed by atoms with van der Waals surface area (Å²) in [5.74, 6) is 0.970. The number of nitrogens with zero attached hydrogens (tertiary/aromatic N) is 2. The van der Waals surface area contributed by atoms with E-state index >= 15 is 0 Å². The second kappa shape index (κ2) is 6.30. The number of nitro benzene ring substituents is 1. The second-order valence-corrected chi connectivity index (χ2v) is 5.96. The first-order valence-corrected chi connectivity index (χ1v) is 7.33. The lowest BCUT2D eigenvalue weighted by molar-refractivity contribution is -0.384. The summed E-state index contributed by atoms with van der Waals surface area (Å²) in [6, 6.07) is 5.09. The van der Waals surface area contributed by atoms with Crippen LogP contribution in [-0.4, -0.2) is 30.2 Å². The highest BCUT2D eigenvalue weighted by molar-refractivity contribution is 5.58. The Kier molecular flexibility index (Phi) is 4.67. The number of non-ortho nitro benzene ring substituents is 1. The lowest BCUT2D eigenvalue weighted by atomic mass is 10.0.